The maximum absolute atomic E-state index is 12.5. The summed E-state index contributed by atoms with van der Waals surface area (Å²) in [6, 6.07) is 1.95. The number of hydrogen-bond donors (Lipinski definition) is 0. The molecule has 2 aliphatic heterocycles. The molecule has 2 atom stereocenters. The van der Waals surface area contributed by atoms with Gasteiger partial charge >= 0.3 is 0 Å². The summed E-state index contributed by atoms with van der Waals surface area (Å²) in [5, 5.41) is 2.05. The number of thiophene rings is 1. The molecule has 3 heterocycles. The van der Waals surface area contributed by atoms with Crippen molar-refractivity contribution in [3.05, 3.63) is 34.0 Å². The summed E-state index contributed by atoms with van der Waals surface area (Å²) >= 11 is 1.69. The van der Waals surface area contributed by atoms with Crippen molar-refractivity contribution < 1.29 is 14.4 Å². The van der Waals surface area contributed by atoms with Gasteiger partial charge in [0.15, 0.2) is 0 Å². The summed E-state index contributed by atoms with van der Waals surface area (Å²) in [6.45, 7) is 3.05. The van der Waals surface area contributed by atoms with Crippen LogP contribution in [0.3, 0.4) is 0 Å². The Balaban J connectivity index is 1.31. The van der Waals surface area contributed by atoms with Gasteiger partial charge in [-0.3, -0.25) is 19.3 Å². The van der Waals surface area contributed by atoms with Crippen LogP contribution in [0.2, 0.25) is 0 Å². The van der Waals surface area contributed by atoms with Gasteiger partial charge in [0, 0.05) is 24.4 Å². The first-order valence-electron chi connectivity index (χ1n) is 8.89. The molecule has 2 saturated heterocycles. The minimum atomic E-state index is -0.177. The maximum Gasteiger partial charge on any atom is 0.233 e. The number of nitrogens with zero attached hydrogens (tertiary/aromatic N) is 2. The van der Waals surface area contributed by atoms with Gasteiger partial charge in [0.2, 0.25) is 17.7 Å². The second-order valence-corrected chi connectivity index (χ2v) is 8.18. The van der Waals surface area contributed by atoms with E-state index >= 15 is 0 Å². The van der Waals surface area contributed by atoms with E-state index in [0.29, 0.717) is 32.4 Å². The zero-order chi connectivity index (χ0) is 17.6. The maximum atomic E-state index is 12.5. The standard InChI is InChI=1S/C19H22N2O3S/c1-12-8-9-25-16(12)6-7-17(22)20-10-13(11-20)21-18(23)14-4-2-3-5-15(14)19(21)24/h2-3,8-9,13-15H,4-7,10-11H2,1H3. The monoisotopic (exact) mass is 358 g/mol. The van der Waals surface area contributed by atoms with Crippen LogP contribution in [0.25, 0.3) is 0 Å². The number of imide groups is 1. The van der Waals surface area contributed by atoms with Gasteiger partial charge in [-0.2, -0.15) is 0 Å². The van der Waals surface area contributed by atoms with Crippen molar-refractivity contribution in [2.75, 3.05) is 13.1 Å². The first kappa shape index (κ1) is 16.5. The summed E-state index contributed by atoms with van der Waals surface area (Å²) in [5.41, 5.74) is 1.24. The number of allylic oxidation sites excluding steroid dienone is 2. The smallest absolute Gasteiger partial charge is 0.233 e. The number of amides is 3. The second-order valence-electron chi connectivity index (χ2n) is 7.18. The van der Waals surface area contributed by atoms with E-state index in [1.165, 1.54) is 15.3 Å². The fourth-order valence-corrected chi connectivity index (χ4v) is 4.96. The molecule has 4 rings (SSSR count). The molecule has 1 aliphatic carbocycles. The van der Waals surface area contributed by atoms with E-state index in [2.05, 4.69) is 13.0 Å². The topological polar surface area (TPSA) is 57.7 Å². The van der Waals surface area contributed by atoms with Crippen molar-refractivity contribution in [1.82, 2.24) is 9.80 Å². The lowest BCUT2D eigenvalue weighted by atomic mass is 9.85. The zero-order valence-corrected chi connectivity index (χ0v) is 15.1. The number of rotatable bonds is 4. The Morgan fingerprint density at radius 1 is 1.16 bits per heavy atom. The van der Waals surface area contributed by atoms with E-state index in [1.807, 2.05) is 17.5 Å². The normalized spacial score (nSPS) is 26.1. The number of likely N-dealkylation sites (tertiary alicyclic amines) is 2. The lowest BCUT2D eigenvalue weighted by Gasteiger charge is -2.43. The average Bonchev–Trinajstić information content (AvgIpc) is 3.08. The van der Waals surface area contributed by atoms with E-state index in [4.69, 9.17) is 0 Å². The quantitative estimate of drug-likeness (QED) is 0.612. The van der Waals surface area contributed by atoms with Gasteiger partial charge in [-0.1, -0.05) is 12.2 Å². The van der Waals surface area contributed by atoms with Crippen molar-refractivity contribution >= 4 is 29.1 Å². The molecule has 2 fully saturated rings. The zero-order valence-electron chi connectivity index (χ0n) is 14.3. The van der Waals surface area contributed by atoms with Crippen molar-refractivity contribution in [3.63, 3.8) is 0 Å². The lowest BCUT2D eigenvalue weighted by Crippen LogP contribution is -2.62. The third-order valence-corrected chi connectivity index (χ3v) is 6.74. The van der Waals surface area contributed by atoms with E-state index in [0.717, 1.165) is 6.42 Å². The Bertz CT molecular complexity index is 722. The summed E-state index contributed by atoms with van der Waals surface area (Å²) in [5.74, 6) is -0.313. The molecule has 5 nitrogen and oxygen atoms in total. The van der Waals surface area contributed by atoms with Crippen LogP contribution in [0.1, 0.15) is 29.7 Å². The highest BCUT2D eigenvalue weighted by atomic mass is 32.1. The predicted molar refractivity (Wildman–Crippen MR) is 95.0 cm³/mol. The average molecular weight is 358 g/mol. The number of carbonyl (C=O) groups is 3. The summed E-state index contributed by atoms with van der Waals surface area (Å²) in [6.07, 6.45) is 6.59. The third kappa shape index (κ3) is 2.82. The van der Waals surface area contributed by atoms with Crippen molar-refractivity contribution in [2.45, 2.75) is 38.6 Å². The van der Waals surface area contributed by atoms with Crippen molar-refractivity contribution in [3.8, 4) is 0 Å². The molecule has 132 valence electrons. The number of carbonyl (C=O) groups excluding carboxylic acids is 3. The molecule has 2 unspecified atom stereocenters. The van der Waals surface area contributed by atoms with E-state index in [-0.39, 0.29) is 35.6 Å². The van der Waals surface area contributed by atoms with Gasteiger partial charge < -0.3 is 4.90 Å². The first-order chi connectivity index (χ1) is 12.1. The molecule has 0 bridgehead atoms. The highest BCUT2D eigenvalue weighted by molar-refractivity contribution is 7.10. The van der Waals surface area contributed by atoms with Crippen molar-refractivity contribution in [2.24, 2.45) is 11.8 Å². The minimum absolute atomic E-state index is 0.0364. The van der Waals surface area contributed by atoms with Crippen LogP contribution in [0.15, 0.2) is 23.6 Å². The minimum Gasteiger partial charge on any atom is -0.338 e. The van der Waals surface area contributed by atoms with Gasteiger partial charge in [-0.25, -0.2) is 0 Å². The summed E-state index contributed by atoms with van der Waals surface area (Å²) in [4.78, 5) is 41.9. The van der Waals surface area contributed by atoms with Crippen LogP contribution >= 0.6 is 11.3 Å². The van der Waals surface area contributed by atoms with E-state index < -0.39 is 0 Å². The molecule has 3 amide bonds. The van der Waals surface area contributed by atoms with Crippen LogP contribution in [-0.2, 0) is 20.8 Å². The van der Waals surface area contributed by atoms with Crippen LogP contribution in [-0.4, -0.2) is 46.7 Å². The Kier molecular flexibility index (Phi) is 4.23. The van der Waals surface area contributed by atoms with Crippen LogP contribution in [0, 0.1) is 18.8 Å². The third-order valence-electron chi connectivity index (χ3n) is 5.66. The second kappa shape index (κ2) is 6.41. The van der Waals surface area contributed by atoms with Gasteiger partial charge in [-0.05, 0) is 43.2 Å². The molecule has 25 heavy (non-hydrogen) atoms. The molecule has 0 saturated carbocycles. The van der Waals surface area contributed by atoms with Crippen LogP contribution in [0.5, 0.6) is 0 Å². The van der Waals surface area contributed by atoms with E-state index in [1.54, 1.807) is 16.2 Å². The fourth-order valence-electron chi connectivity index (χ4n) is 4.05. The Labute approximate surface area is 151 Å². The first-order valence-corrected chi connectivity index (χ1v) is 9.77. The summed E-state index contributed by atoms with van der Waals surface area (Å²) in [7, 11) is 0. The largest absolute Gasteiger partial charge is 0.338 e. The molecule has 0 radical (unpaired) electrons. The Hall–Kier alpha value is -1.95. The predicted octanol–water partition coefficient (Wildman–Crippen LogP) is 2.15. The van der Waals surface area contributed by atoms with Gasteiger partial charge in [0.25, 0.3) is 0 Å². The number of hydrogen-bond acceptors (Lipinski definition) is 4. The molecule has 0 spiro atoms. The molecule has 0 aromatic carbocycles. The molecule has 6 heteroatoms. The molecular formula is C19H22N2O3S. The Morgan fingerprint density at radius 2 is 1.80 bits per heavy atom. The van der Waals surface area contributed by atoms with Gasteiger partial charge in [0.05, 0.1) is 17.9 Å². The highest BCUT2D eigenvalue weighted by Gasteiger charge is 2.52. The molecule has 1 aromatic heterocycles. The molecular weight excluding hydrogens is 336 g/mol. The number of aryl methyl sites for hydroxylation is 2. The molecule has 3 aliphatic rings. The highest BCUT2D eigenvalue weighted by Crippen LogP contribution is 2.37. The lowest BCUT2D eigenvalue weighted by molar-refractivity contribution is -0.152. The van der Waals surface area contributed by atoms with Gasteiger partial charge in [-0.15, -0.1) is 11.3 Å². The van der Waals surface area contributed by atoms with E-state index in [9.17, 15) is 14.4 Å². The molecule has 0 N–H and O–H groups in total. The Morgan fingerprint density at radius 3 is 2.36 bits per heavy atom. The van der Waals surface area contributed by atoms with Crippen molar-refractivity contribution in [1.29, 1.82) is 0 Å². The molecule has 1 aromatic rings. The van der Waals surface area contributed by atoms with Crippen LogP contribution in [0.4, 0.5) is 0 Å². The number of fused-ring (bicyclic) bond motifs is 1. The van der Waals surface area contributed by atoms with Gasteiger partial charge in [0.1, 0.15) is 0 Å². The fraction of sp³-hybridized carbons (Fsp3) is 0.526. The summed E-state index contributed by atoms with van der Waals surface area (Å²) < 4.78 is 0. The van der Waals surface area contributed by atoms with Crippen LogP contribution < -0.4 is 0 Å². The SMILES string of the molecule is Cc1ccsc1CCC(=O)N1CC(N2C(=O)C3CC=CCC3C2=O)C1.